The summed E-state index contributed by atoms with van der Waals surface area (Å²) in [5.74, 6) is 0.0803. The third-order valence-electron chi connectivity index (χ3n) is 3.64. The fourth-order valence-corrected chi connectivity index (χ4v) is 2.45. The molecule has 6 nitrogen and oxygen atoms in total. The normalized spacial score (nSPS) is 10.8. The molecule has 2 aromatic rings. The van der Waals surface area contributed by atoms with Crippen molar-refractivity contribution in [3.8, 4) is 5.75 Å². The minimum Gasteiger partial charge on any atom is -0.496 e. The molecule has 0 atom stereocenters. The van der Waals surface area contributed by atoms with Gasteiger partial charge in [-0.3, -0.25) is 15.0 Å². The van der Waals surface area contributed by atoms with Crippen molar-refractivity contribution in [3.63, 3.8) is 0 Å². The average molecular weight is 334 g/mol. The van der Waals surface area contributed by atoms with Gasteiger partial charge in [0.2, 0.25) is 0 Å². The molecule has 0 spiro atoms. The highest BCUT2D eigenvalue weighted by atomic mass is 19.1. The van der Waals surface area contributed by atoms with E-state index in [1.165, 1.54) is 12.1 Å². The Morgan fingerprint density at radius 1 is 1.21 bits per heavy atom. The summed E-state index contributed by atoms with van der Waals surface area (Å²) in [4.78, 5) is 11.9. The molecule has 2 aromatic carbocycles. The lowest BCUT2D eigenvalue weighted by molar-refractivity contribution is -0.385. The number of hydrogen-bond acceptors (Lipinski definition) is 5. The van der Waals surface area contributed by atoms with Crippen molar-refractivity contribution in [3.05, 3.63) is 69.5 Å². The van der Waals surface area contributed by atoms with Gasteiger partial charge in [-0.25, -0.2) is 4.39 Å². The first-order valence-electron chi connectivity index (χ1n) is 7.43. The Balaban J connectivity index is 2.18. The summed E-state index contributed by atoms with van der Waals surface area (Å²) < 4.78 is 19.4. The van der Waals surface area contributed by atoms with Gasteiger partial charge < -0.3 is 9.84 Å². The van der Waals surface area contributed by atoms with Crippen LogP contribution in [0.25, 0.3) is 0 Å². The van der Waals surface area contributed by atoms with Crippen LogP contribution in [-0.2, 0) is 13.1 Å². The van der Waals surface area contributed by atoms with E-state index in [1.807, 2.05) is 29.2 Å². The van der Waals surface area contributed by atoms with E-state index in [9.17, 15) is 19.6 Å². The number of nitro benzene ring substituents is 1. The zero-order valence-corrected chi connectivity index (χ0v) is 13.3. The smallest absolute Gasteiger partial charge is 0.272 e. The SMILES string of the molecule is COc1ccccc1CN(CCO)Cc1ccc([N+](=O)[O-])cc1F. The quantitative estimate of drug-likeness (QED) is 0.593. The molecule has 1 N–H and O–H groups in total. The second-order valence-electron chi connectivity index (χ2n) is 5.28. The molecule has 2 rings (SSSR count). The Morgan fingerprint density at radius 2 is 1.92 bits per heavy atom. The molecule has 0 aliphatic heterocycles. The number of halogens is 1. The predicted octanol–water partition coefficient (Wildman–Crippen LogP) is 2.74. The van der Waals surface area contributed by atoms with E-state index < -0.39 is 10.7 Å². The fourth-order valence-electron chi connectivity index (χ4n) is 2.45. The zero-order valence-electron chi connectivity index (χ0n) is 13.3. The predicted molar refractivity (Wildman–Crippen MR) is 87.2 cm³/mol. The molecular weight excluding hydrogens is 315 g/mol. The molecule has 0 fully saturated rings. The van der Waals surface area contributed by atoms with E-state index in [-0.39, 0.29) is 18.8 Å². The van der Waals surface area contributed by atoms with Gasteiger partial charge in [0.1, 0.15) is 11.6 Å². The van der Waals surface area contributed by atoms with Crippen LogP contribution >= 0.6 is 0 Å². The van der Waals surface area contributed by atoms with E-state index in [0.29, 0.717) is 24.4 Å². The van der Waals surface area contributed by atoms with Gasteiger partial charge in [0.15, 0.2) is 0 Å². The van der Waals surface area contributed by atoms with Crippen LogP contribution < -0.4 is 4.74 Å². The van der Waals surface area contributed by atoms with E-state index in [1.54, 1.807) is 7.11 Å². The first-order valence-corrected chi connectivity index (χ1v) is 7.43. The van der Waals surface area contributed by atoms with Crippen LogP contribution in [-0.4, -0.2) is 35.2 Å². The van der Waals surface area contributed by atoms with Gasteiger partial charge in [0.05, 0.1) is 24.7 Å². The first-order chi connectivity index (χ1) is 11.5. The van der Waals surface area contributed by atoms with Crippen molar-refractivity contribution in [2.75, 3.05) is 20.3 Å². The lowest BCUT2D eigenvalue weighted by atomic mass is 10.1. The number of methoxy groups -OCH3 is 1. The number of para-hydroxylation sites is 1. The molecule has 0 bridgehead atoms. The molecule has 0 saturated heterocycles. The molecule has 0 radical (unpaired) electrons. The van der Waals surface area contributed by atoms with Gasteiger partial charge in [-0.2, -0.15) is 0 Å². The summed E-state index contributed by atoms with van der Waals surface area (Å²) in [5, 5.41) is 19.9. The number of non-ortho nitro benzene ring substituents is 1. The number of aliphatic hydroxyl groups excluding tert-OH is 1. The monoisotopic (exact) mass is 334 g/mol. The minimum atomic E-state index is -0.632. The molecule has 0 amide bonds. The van der Waals surface area contributed by atoms with E-state index in [0.717, 1.165) is 11.6 Å². The van der Waals surface area contributed by atoms with Crippen molar-refractivity contribution in [1.29, 1.82) is 0 Å². The van der Waals surface area contributed by atoms with Crippen LogP contribution in [0.4, 0.5) is 10.1 Å². The van der Waals surface area contributed by atoms with E-state index in [2.05, 4.69) is 0 Å². The highest BCUT2D eigenvalue weighted by molar-refractivity contribution is 5.35. The number of nitro groups is 1. The highest BCUT2D eigenvalue weighted by Gasteiger charge is 2.15. The minimum absolute atomic E-state index is 0.0796. The van der Waals surface area contributed by atoms with E-state index in [4.69, 9.17) is 4.74 Å². The Kier molecular flexibility index (Phi) is 6.22. The van der Waals surface area contributed by atoms with Crippen molar-refractivity contribution in [1.82, 2.24) is 4.90 Å². The molecule has 24 heavy (non-hydrogen) atoms. The van der Waals surface area contributed by atoms with Crippen LogP contribution in [0.15, 0.2) is 42.5 Å². The fraction of sp³-hybridized carbons (Fsp3) is 0.294. The van der Waals surface area contributed by atoms with Gasteiger partial charge in [0.25, 0.3) is 5.69 Å². The maximum Gasteiger partial charge on any atom is 0.272 e. The summed E-state index contributed by atoms with van der Waals surface area (Å²) in [6.07, 6.45) is 0. The molecule has 0 unspecified atom stereocenters. The second-order valence-corrected chi connectivity index (χ2v) is 5.28. The van der Waals surface area contributed by atoms with Gasteiger partial charge in [-0.1, -0.05) is 18.2 Å². The number of benzene rings is 2. The molecular formula is C17H19FN2O4. The number of ether oxygens (including phenoxy) is 1. The van der Waals surface area contributed by atoms with Crippen LogP contribution in [0.2, 0.25) is 0 Å². The summed E-state index contributed by atoms with van der Waals surface area (Å²) in [6.45, 7) is 0.946. The van der Waals surface area contributed by atoms with Crippen LogP contribution in [0.1, 0.15) is 11.1 Å². The molecule has 0 saturated carbocycles. The first kappa shape index (κ1) is 17.8. The maximum absolute atomic E-state index is 14.1. The Labute approximate surface area is 139 Å². The van der Waals surface area contributed by atoms with Crippen LogP contribution in [0, 0.1) is 15.9 Å². The molecule has 0 aliphatic rings. The largest absolute Gasteiger partial charge is 0.496 e. The van der Waals surface area contributed by atoms with Crippen molar-refractivity contribution < 1.29 is 19.2 Å². The average Bonchev–Trinajstić information content (AvgIpc) is 2.57. The van der Waals surface area contributed by atoms with Crippen molar-refractivity contribution in [2.45, 2.75) is 13.1 Å². The molecule has 128 valence electrons. The van der Waals surface area contributed by atoms with Gasteiger partial charge in [-0.15, -0.1) is 0 Å². The Hall–Kier alpha value is -2.51. The third-order valence-corrected chi connectivity index (χ3v) is 3.64. The second kappa shape index (κ2) is 8.37. The standard InChI is InChI=1S/C17H19FN2O4/c1-24-17-5-3-2-4-14(17)12-19(8-9-21)11-13-6-7-15(20(22)23)10-16(13)18/h2-7,10,21H,8-9,11-12H2,1H3. The van der Waals surface area contributed by atoms with Gasteiger partial charge in [0, 0.05) is 36.8 Å². The van der Waals surface area contributed by atoms with Crippen LogP contribution in [0.3, 0.4) is 0 Å². The molecule has 0 aromatic heterocycles. The number of hydrogen-bond donors (Lipinski definition) is 1. The number of rotatable bonds is 8. The van der Waals surface area contributed by atoms with Crippen molar-refractivity contribution in [2.24, 2.45) is 0 Å². The molecule has 0 heterocycles. The number of nitrogens with zero attached hydrogens (tertiary/aromatic N) is 2. The Morgan fingerprint density at radius 3 is 2.54 bits per heavy atom. The van der Waals surface area contributed by atoms with E-state index >= 15 is 0 Å². The summed E-state index contributed by atoms with van der Waals surface area (Å²) >= 11 is 0. The summed E-state index contributed by atoms with van der Waals surface area (Å²) in [6, 6.07) is 11.1. The maximum atomic E-state index is 14.1. The lowest BCUT2D eigenvalue weighted by Gasteiger charge is -2.22. The lowest BCUT2D eigenvalue weighted by Crippen LogP contribution is -2.26. The van der Waals surface area contributed by atoms with Crippen LogP contribution in [0.5, 0.6) is 5.75 Å². The van der Waals surface area contributed by atoms with Crippen molar-refractivity contribution >= 4 is 5.69 Å². The Bertz CT molecular complexity index is 709. The number of aliphatic hydroxyl groups is 1. The van der Waals surface area contributed by atoms with Gasteiger partial charge >= 0.3 is 0 Å². The third kappa shape index (κ3) is 4.50. The zero-order chi connectivity index (χ0) is 17.5. The topological polar surface area (TPSA) is 75.8 Å². The molecule has 7 heteroatoms. The van der Waals surface area contributed by atoms with Gasteiger partial charge in [-0.05, 0) is 12.1 Å². The highest BCUT2D eigenvalue weighted by Crippen LogP contribution is 2.22. The summed E-state index contributed by atoms with van der Waals surface area (Å²) in [7, 11) is 1.57. The molecule has 0 aliphatic carbocycles. The summed E-state index contributed by atoms with van der Waals surface area (Å²) in [5.41, 5.74) is 0.967.